The summed E-state index contributed by atoms with van der Waals surface area (Å²) in [6.07, 6.45) is 2.08. The van der Waals surface area contributed by atoms with Crippen LogP contribution in [0.15, 0.2) is 77.1 Å². The highest BCUT2D eigenvalue weighted by Crippen LogP contribution is 2.19. The largest absolute Gasteiger partial charge is 0.426 e. The second-order valence-corrected chi connectivity index (χ2v) is 5.88. The quantitative estimate of drug-likeness (QED) is 0.390. The minimum atomic E-state index is -0.272. The van der Waals surface area contributed by atoms with Gasteiger partial charge >= 0.3 is 5.97 Å². The Morgan fingerprint density at radius 2 is 1.78 bits per heavy atom. The van der Waals surface area contributed by atoms with E-state index in [-0.39, 0.29) is 12.4 Å². The minimum absolute atomic E-state index is 0.263. The van der Waals surface area contributed by atoms with Gasteiger partial charge in [-0.25, -0.2) is 0 Å². The van der Waals surface area contributed by atoms with Crippen LogP contribution in [0.2, 0.25) is 0 Å². The lowest BCUT2D eigenvalue weighted by molar-refractivity contribution is -0.133. The van der Waals surface area contributed by atoms with Gasteiger partial charge in [-0.15, -0.1) is 11.3 Å². The van der Waals surface area contributed by atoms with Crippen molar-refractivity contribution in [2.24, 2.45) is 4.99 Å². The molecule has 0 fully saturated rings. The van der Waals surface area contributed by atoms with Gasteiger partial charge in [0.25, 0.3) is 0 Å². The Morgan fingerprint density at radius 3 is 2.48 bits per heavy atom. The van der Waals surface area contributed by atoms with E-state index in [9.17, 15) is 4.79 Å². The number of carbonyl (C=O) groups is 1. The molecule has 3 rings (SSSR count). The molecular formula is C19H15NO2S. The summed E-state index contributed by atoms with van der Waals surface area (Å²) in [6, 6.07) is 20.7. The van der Waals surface area contributed by atoms with E-state index in [1.54, 1.807) is 23.5 Å². The van der Waals surface area contributed by atoms with Gasteiger partial charge in [0, 0.05) is 11.1 Å². The molecule has 1 heterocycles. The van der Waals surface area contributed by atoms with Crippen molar-refractivity contribution in [2.75, 3.05) is 0 Å². The average molecular weight is 321 g/mol. The fourth-order valence-electron chi connectivity index (χ4n) is 2.03. The van der Waals surface area contributed by atoms with Gasteiger partial charge < -0.3 is 4.74 Å². The van der Waals surface area contributed by atoms with Crippen molar-refractivity contribution < 1.29 is 9.53 Å². The third-order valence-corrected chi connectivity index (χ3v) is 3.95. The topological polar surface area (TPSA) is 38.7 Å². The Hall–Kier alpha value is -2.72. The third-order valence-electron chi connectivity index (χ3n) is 3.14. The lowest BCUT2D eigenvalue weighted by Gasteiger charge is -2.04. The summed E-state index contributed by atoms with van der Waals surface area (Å²) in [5.74, 6) is 0.257. The molecule has 3 nitrogen and oxygen atoms in total. The molecule has 1 aromatic heterocycles. The summed E-state index contributed by atoms with van der Waals surface area (Å²) in [7, 11) is 0. The van der Waals surface area contributed by atoms with Crippen molar-refractivity contribution in [3.63, 3.8) is 0 Å². The second-order valence-electron chi connectivity index (χ2n) is 4.90. The highest BCUT2D eigenvalue weighted by Gasteiger charge is 2.06. The predicted octanol–water partition coefficient (Wildman–Crippen LogP) is 4.65. The van der Waals surface area contributed by atoms with Crippen LogP contribution in [0.25, 0.3) is 0 Å². The maximum Gasteiger partial charge on any atom is 0.315 e. The Kier molecular flexibility index (Phi) is 4.96. The summed E-state index contributed by atoms with van der Waals surface area (Å²) in [6.45, 7) is 0. The smallest absolute Gasteiger partial charge is 0.315 e. The first-order valence-electron chi connectivity index (χ1n) is 7.22. The number of thiophene rings is 1. The Bertz CT molecular complexity index is 778. The molecular weight excluding hydrogens is 306 g/mol. The second kappa shape index (κ2) is 7.51. The van der Waals surface area contributed by atoms with Crippen LogP contribution in [0.4, 0.5) is 5.69 Å². The summed E-state index contributed by atoms with van der Waals surface area (Å²) in [5, 5.41) is 2.01. The van der Waals surface area contributed by atoms with Crippen LogP contribution < -0.4 is 4.74 Å². The summed E-state index contributed by atoms with van der Waals surface area (Å²) < 4.78 is 5.33. The summed E-state index contributed by atoms with van der Waals surface area (Å²) in [4.78, 5) is 17.4. The summed E-state index contributed by atoms with van der Waals surface area (Å²) in [5.41, 5.74) is 1.76. The molecule has 2 aromatic carbocycles. The van der Waals surface area contributed by atoms with Crippen molar-refractivity contribution >= 4 is 29.2 Å². The van der Waals surface area contributed by atoms with Crippen LogP contribution in [-0.4, -0.2) is 12.2 Å². The molecule has 23 heavy (non-hydrogen) atoms. The van der Waals surface area contributed by atoms with E-state index in [4.69, 9.17) is 4.74 Å². The first-order chi connectivity index (χ1) is 11.3. The van der Waals surface area contributed by atoms with Gasteiger partial charge in [-0.05, 0) is 41.3 Å². The van der Waals surface area contributed by atoms with Crippen molar-refractivity contribution in [2.45, 2.75) is 6.42 Å². The number of benzene rings is 2. The fraction of sp³-hybridized carbons (Fsp3) is 0.0526. The first-order valence-corrected chi connectivity index (χ1v) is 8.10. The lowest BCUT2D eigenvalue weighted by atomic mass is 10.2. The predicted molar refractivity (Wildman–Crippen MR) is 93.8 cm³/mol. The molecule has 0 unspecified atom stereocenters. The maximum absolute atomic E-state index is 11.9. The van der Waals surface area contributed by atoms with E-state index in [1.165, 1.54) is 0 Å². The van der Waals surface area contributed by atoms with Crippen molar-refractivity contribution in [3.05, 3.63) is 82.6 Å². The molecule has 0 N–H and O–H groups in total. The van der Waals surface area contributed by atoms with Crippen molar-refractivity contribution in [1.82, 2.24) is 0 Å². The SMILES string of the molecule is O=C(Cc1ccccc1)Oc1ccc(N=Cc2cccs2)cc1. The van der Waals surface area contributed by atoms with Crippen LogP contribution >= 0.6 is 11.3 Å². The van der Waals surface area contributed by atoms with E-state index >= 15 is 0 Å². The number of hydrogen-bond donors (Lipinski definition) is 0. The number of carbonyl (C=O) groups excluding carboxylic acids is 1. The zero-order valence-corrected chi connectivity index (χ0v) is 13.2. The van der Waals surface area contributed by atoms with Gasteiger partial charge in [0.15, 0.2) is 0 Å². The molecule has 0 atom stereocenters. The molecule has 0 bridgehead atoms. The molecule has 0 radical (unpaired) electrons. The van der Waals surface area contributed by atoms with Crippen LogP contribution in [-0.2, 0) is 11.2 Å². The van der Waals surface area contributed by atoms with Crippen LogP contribution in [0.1, 0.15) is 10.4 Å². The zero-order valence-electron chi connectivity index (χ0n) is 12.4. The van der Waals surface area contributed by atoms with Gasteiger partial charge in [-0.2, -0.15) is 0 Å². The molecule has 0 amide bonds. The fourth-order valence-corrected chi connectivity index (χ4v) is 2.62. The zero-order chi connectivity index (χ0) is 15.9. The Balaban J connectivity index is 1.58. The molecule has 0 aliphatic carbocycles. The molecule has 4 heteroatoms. The van der Waals surface area contributed by atoms with E-state index in [1.807, 2.05) is 66.2 Å². The standard InChI is InChI=1S/C19H15NO2S/c21-19(13-15-5-2-1-3-6-15)22-17-10-8-16(9-11-17)20-14-18-7-4-12-23-18/h1-12,14H,13H2. The molecule has 0 saturated heterocycles. The Morgan fingerprint density at radius 1 is 1.00 bits per heavy atom. The van der Waals surface area contributed by atoms with Crippen molar-refractivity contribution in [3.8, 4) is 5.75 Å². The number of nitrogens with zero attached hydrogens (tertiary/aromatic N) is 1. The minimum Gasteiger partial charge on any atom is -0.426 e. The Labute approximate surface area is 138 Å². The van der Waals surface area contributed by atoms with Gasteiger partial charge in [0.2, 0.25) is 0 Å². The van der Waals surface area contributed by atoms with E-state index < -0.39 is 0 Å². The number of esters is 1. The van der Waals surface area contributed by atoms with Gasteiger partial charge in [0.05, 0.1) is 12.1 Å². The van der Waals surface area contributed by atoms with Crippen LogP contribution in [0.5, 0.6) is 5.75 Å². The van der Waals surface area contributed by atoms with Crippen molar-refractivity contribution in [1.29, 1.82) is 0 Å². The number of ether oxygens (including phenoxy) is 1. The van der Waals surface area contributed by atoms with E-state index in [2.05, 4.69) is 4.99 Å². The maximum atomic E-state index is 11.9. The van der Waals surface area contributed by atoms with Crippen LogP contribution in [0, 0.1) is 0 Å². The van der Waals surface area contributed by atoms with E-state index in [0.717, 1.165) is 16.1 Å². The van der Waals surface area contributed by atoms with E-state index in [0.29, 0.717) is 5.75 Å². The molecule has 0 saturated carbocycles. The molecule has 3 aromatic rings. The molecule has 0 aliphatic heterocycles. The van der Waals surface area contributed by atoms with Gasteiger partial charge in [0.1, 0.15) is 5.75 Å². The highest BCUT2D eigenvalue weighted by atomic mass is 32.1. The van der Waals surface area contributed by atoms with Gasteiger partial charge in [-0.3, -0.25) is 9.79 Å². The third kappa shape index (κ3) is 4.63. The normalized spacial score (nSPS) is 10.8. The monoisotopic (exact) mass is 321 g/mol. The molecule has 0 spiro atoms. The molecule has 0 aliphatic rings. The number of rotatable bonds is 5. The average Bonchev–Trinajstić information content (AvgIpc) is 3.08. The highest BCUT2D eigenvalue weighted by molar-refractivity contribution is 7.11. The van der Waals surface area contributed by atoms with Gasteiger partial charge in [-0.1, -0.05) is 36.4 Å². The number of hydrogen-bond acceptors (Lipinski definition) is 4. The molecule has 114 valence electrons. The van der Waals surface area contributed by atoms with Crippen LogP contribution in [0.3, 0.4) is 0 Å². The summed E-state index contributed by atoms with van der Waals surface area (Å²) >= 11 is 1.64. The lowest BCUT2D eigenvalue weighted by Crippen LogP contribution is -2.10. The number of aliphatic imine (C=N–C) groups is 1. The first kappa shape index (κ1) is 15.2.